The molecule has 0 N–H and O–H groups in total. The van der Waals surface area contributed by atoms with Gasteiger partial charge in [0.1, 0.15) is 0 Å². The van der Waals surface area contributed by atoms with E-state index in [-0.39, 0.29) is 10.9 Å². The van der Waals surface area contributed by atoms with Gasteiger partial charge in [-0.3, -0.25) is 9.59 Å². The van der Waals surface area contributed by atoms with Crippen molar-refractivity contribution in [1.82, 2.24) is 0 Å². The van der Waals surface area contributed by atoms with Gasteiger partial charge in [0.05, 0.1) is 0 Å². The first-order valence-corrected chi connectivity index (χ1v) is 3.53. The Bertz CT molecular complexity index is 271. The third kappa shape index (κ3) is 0.719. The smallest absolute Gasteiger partial charge is 0.229 e. The molecule has 0 saturated heterocycles. The van der Waals surface area contributed by atoms with E-state index < -0.39 is 0 Å². The van der Waals surface area contributed by atoms with E-state index in [9.17, 15) is 9.59 Å². The molecule has 1 aromatic carbocycles. The van der Waals surface area contributed by atoms with Crippen LogP contribution in [0.5, 0.6) is 0 Å². The summed E-state index contributed by atoms with van der Waals surface area (Å²) < 4.78 is 0. The zero-order chi connectivity index (χ0) is 7.72. The van der Waals surface area contributed by atoms with Gasteiger partial charge in [-0.2, -0.15) is 0 Å². The number of hydrogen-bond donors (Lipinski definition) is 0. The van der Waals surface area contributed by atoms with Crippen molar-refractivity contribution in [3.63, 3.8) is 0 Å². The molecule has 0 aliphatic heterocycles. The third-order valence-corrected chi connectivity index (χ3v) is 1.83. The van der Waals surface area contributed by atoms with Crippen LogP contribution in [0.3, 0.4) is 0 Å². The van der Waals surface area contributed by atoms with Crippen LogP contribution in [0.2, 0.25) is 0 Å². The molecule has 10 heavy (non-hydrogen) atoms. The Kier molecular flexibility index (Phi) is 1.70. The van der Waals surface area contributed by atoms with Crippen LogP contribution in [0.15, 0.2) is 9.59 Å². The molecule has 0 atom stereocenters. The summed E-state index contributed by atoms with van der Waals surface area (Å²) in [6, 6.07) is 0. The lowest BCUT2D eigenvalue weighted by Crippen LogP contribution is -2.39. The molecule has 0 saturated carbocycles. The lowest BCUT2D eigenvalue weighted by Gasteiger charge is -2.04. The third-order valence-electron chi connectivity index (χ3n) is 1.83. The first-order chi connectivity index (χ1) is 4.72. The maximum absolute atomic E-state index is 10.8. The van der Waals surface area contributed by atoms with Gasteiger partial charge in [-0.25, -0.2) is 0 Å². The summed E-state index contributed by atoms with van der Waals surface area (Å²) in [5.74, 6) is 0. The second-order valence-electron chi connectivity index (χ2n) is 2.32. The molecule has 0 bridgehead atoms. The topological polar surface area (TPSA) is 34.1 Å². The molecule has 0 spiro atoms. The maximum atomic E-state index is 10.8. The monoisotopic (exact) mass is 138 g/mol. The maximum Gasteiger partial charge on any atom is 0.229 e. The van der Waals surface area contributed by atoms with Crippen LogP contribution in [-0.2, 0) is 12.8 Å². The van der Waals surface area contributed by atoms with E-state index in [0.29, 0.717) is 12.8 Å². The van der Waals surface area contributed by atoms with Crippen LogP contribution < -0.4 is 10.9 Å². The van der Waals surface area contributed by atoms with Crippen molar-refractivity contribution in [3.05, 3.63) is 31.6 Å². The summed E-state index contributed by atoms with van der Waals surface area (Å²) in [5.41, 5.74) is 0.957. The molecular weight excluding hydrogens is 128 g/mol. The highest BCUT2D eigenvalue weighted by molar-refractivity contribution is 5.32. The summed E-state index contributed by atoms with van der Waals surface area (Å²) >= 11 is 0. The van der Waals surface area contributed by atoms with Crippen molar-refractivity contribution in [3.8, 4) is 0 Å². The molecule has 0 aromatic heterocycles. The summed E-state index contributed by atoms with van der Waals surface area (Å²) in [6.07, 6.45) is 1.40. The molecule has 1 aromatic rings. The quantitative estimate of drug-likeness (QED) is 0.554. The van der Waals surface area contributed by atoms with Gasteiger partial charge >= 0.3 is 0 Å². The SMILES string of the molecule is CCc1c(CC)c(=O)c1=O. The van der Waals surface area contributed by atoms with Gasteiger partial charge in [-0.05, 0) is 12.8 Å². The zero-order valence-corrected chi connectivity index (χ0v) is 6.23. The van der Waals surface area contributed by atoms with Crippen molar-refractivity contribution in [2.75, 3.05) is 0 Å². The molecule has 54 valence electrons. The summed E-state index contributed by atoms with van der Waals surface area (Å²) in [7, 11) is 0. The standard InChI is InChI=1S/C8H10O2/c1-3-5-6(4-2)8(10)7(5)9/h3-4H2,1-2H3. The van der Waals surface area contributed by atoms with E-state index >= 15 is 0 Å². The van der Waals surface area contributed by atoms with E-state index in [2.05, 4.69) is 0 Å². The Morgan fingerprint density at radius 2 is 1.20 bits per heavy atom. The van der Waals surface area contributed by atoms with Gasteiger partial charge in [0, 0.05) is 11.1 Å². The second kappa shape index (κ2) is 2.37. The van der Waals surface area contributed by atoms with E-state index in [1.807, 2.05) is 13.8 Å². The van der Waals surface area contributed by atoms with E-state index in [1.54, 1.807) is 0 Å². The molecule has 2 nitrogen and oxygen atoms in total. The Morgan fingerprint density at radius 3 is 1.40 bits per heavy atom. The molecule has 0 amide bonds. The van der Waals surface area contributed by atoms with Crippen LogP contribution >= 0.6 is 0 Å². The summed E-state index contributed by atoms with van der Waals surface area (Å²) in [6.45, 7) is 3.80. The van der Waals surface area contributed by atoms with Gasteiger partial charge < -0.3 is 0 Å². The summed E-state index contributed by atoms with van der Waals surface area (Å²) in [4.78, 5) is 21.5. The summed E-state index contributed by atoms with van der Waals surface area (Å²) in [5, 5.41) is 0. The first-order valence-electron chi connectivity index (χ1n) is 3.53. The van der Waals surface area contributed by atoms with Crippen LogP contribution in [0, 0.1) is 0 Å². The van der Waals surface area contributed by atoms with Crippen molar-refractivity contribution in [2.24, 2.45) is 0 Å². The van der Waals surface area contributed by atoms with E-state index in [0.717, 1.165) is 11.1 Å². The Hall–Kier alpha value is -0.920. The second-order valence-corrected chi connectivity index (χ2v) is 2.32. The number of hydrogen-bond acceptors (Lipinski definition) is 2. The van der Waals surface area contributed by atoms with Crippen LogP contribution in [-0.4, -0.2) is 0 Å². The van der Waals surface area contributed by atoms with Gasteiger partial charge in [-0.1, -0.05) is 13.8 Å². The molecule has 0 unspecified atom stereocenters. The molecule has 0 fully saturated rings. The molecule has 0 aliphatic carbocycles. The minimum atomic E-state index is -0.264. The molecule has 2 heteroatoms. The predicted molar refractivity (Wildman–Crippen MR) is 40.1 cm³/mol. The molecule has 1 rings (SSSR count). The van der Waals surface area contributed by atoms with Gasteiger partial charge in [0.15, 0.2) is 0 Å². The van der Waals surface area contributed by atoms with Crippen LogP contribution in [0.4, 0.5) is 0 Å². The lowest BCUT2D eigenvalue weighted by atomic mass is 9.97. The Balaban J connectivity index is 3.16. The van der Waals surface area contributed by atoms with Crippen molar-refractivity contribution < 1.29 is 0 Å². The fourth-order valence-corrected chi connectivity index (χ4v) is 1.23. The first kappa shape index (κ1) is 7.19. The largest absolute Gasteiger partial charge is 0.285 e. The highest BCUT2D eigenvalue weighted by Crippen LogP contribution is 2.00. The fourth-order valence-electron chi connectivity index (χ4n) is 1.23. The lowest BCUT2D eigenvalue weighted by molar-refractivity contribution is 0.963. The zero-order valence-electron chi connectivity index (χ0n) is 6.23. The normalized spacial score (nSPS) is 10.6. The predicted octanol–water partition coefficient (Wildman–Crippen LogP) is 0.407. The molecule has 0 heterocycles. The van der Waals surface area contributed by atoms with Crippen molar-refractivity contribution in [2.45, 2.75) is 26.7 Å². The molecule has 0 radical (unpaired) electrons. The van der Waals surface area contributed by atoms with Crippen molar-refractivity contribution >= 4 is 0 Å². The number of rotatable bonds is 2. The van der Waals surface area contributed by atoms with E-state index in [1.165, 1.54) is 0 Å². The average Bonchev–Trinajstić information content (AvgIpc) is 1.97. The van der Waals surface area contributed by atoms with Gasteiger partial charge in [0.2, 0.25) is 10.9 Å². The van der Waals surface area contributed by atoms with E-state index in [4.69, 9.17) is 0 Å². The highest BCUT2D eigenvalue weighted by atomic mass is 16.2. The Morgan fingerprint density at radius 1 is 0.900 bits per heavy atom. The molecule has 0 aliphatic rings. The molecular formula is C8H10O2. The minimum absolute atomic E-state index is 0.264. The van der Waals surface area contributed by atoms with Gasteiger partial charge in [-0.15, -0.1) is 0 Å². The minimum Gasteiger partial charge on any atom is -0.285 e. The highest BCUT2D eigenvalue weighted by Gasteiger charge is 2.15. The Labute approximate surface area is 59.2 Å². The fraction of sp³-hybridized carbons (Fsp3) is 0.500. The van der Waals surface area contributed by atoms with Crippen LogP contribution in [0.25, 0.3) is 0 Å². The van der Waals surface area contributed by atoms with Gasteiger partial charge in [0.25, 0.3) is 0 Å². The van der Waals surface area contributed by atoms with Crippen LogP contribution in [0.1, 0.15) is 25.0 Å². The van der Waals surface area contributed by atoms with Crippen molar-refractivity contribution in [1.29, 1.82) is 0 Å². The average molecular weight is 138 g/mol.